The number of aliphatic imine (C=N–C) groups is 1. The van der Waals surface area contributed by atoms with Crippen molar-refractivity contribution in [2.75, 3.05) is 13.1 Å². The number of carbonyl (C=O) groups is 1. The van der Waals surface area contributed by atoms with Crippen molar-refractivity contribution >= 4 is 18.0 Å². The lowest BCUT2D eigenvalue weighted by molar-refractivity contribution is -0.137. The number of esters is 1. The Morgan fingerprint density at radius 3 is 2.41 bits per heavy atom. The van der Waals surface area contributed by atoms with Crippen LogP contribution in [0.3, 0.4) is 0 Å². The number of carbonyl (C=O) groups excluding carboxylic acids is 1. The van der Waals surface area contributed by atoms with Crippen LogP contribution in [-0.2, 0) is 17.5 Å². The topological polar surface area (TPSA) is 41.9 Å². The summed E-state index contributed by atoms with van der Waals surface area (Å²) in [6.45, 7) is 9.15. The molecule has 0 atom stereocenters. The lowest BCUT2D eigenvalue weighted by Gasteiger charge is -2.14. The molecule has 29 heavy (non-hydrogen) atoms. The van der Waals surface area contributed by atoms with Crippen LogP contribution < -0.4 is 0 Å². The first kappa shape index (κ1) is 22.5. The van der Waals surface area contributed by atoms with Gasteiger partial charge in [0.15, 0.2) is 0 Å². The molecule has 0 saturated carbocycles. The molecule has 0 bridgehead atoms. The number of benzene rings is 2. The van der Waals surface area contributed by atoms with Crippen molar-refractivity contribution in [3.63, 3.8) is 0 Å². The molecule has 0 aliphatic heterocycles. The van der Waals surface area contributed by atoms with Gasteiger partial charge in [-0.2, -0.15) is 13.2 Å². The molecule has 156 valence electrons. The minimum absolute atomic E-state index is 0.233. The van der Waals surface area contributed by atoms with Gasteiger partial charge in [0.1, 0.15) is 6.61 Å². The van der Waals surface area contributed by atoms with Gasteiger partial charge < -0.3 is 9.64 Å². The smallest absolute Gasteiger partial charge is 0.416 e. The fourth-order valence-corrected chi connectivity index (χ4v) is 2.75. The predicted molar refractivity (Wildman–Crippen MR) is 108 cm³/mol. The van der Waals surface area contributed by atoms with Gasteiger partial charge in [-0.1, -0.05) is 12.1 Å². The van der Waals surface area contributed by atoms with Gasteiger partial charge in [0.25, 0.3) is 0 Å². The minimum Gasteiger partial charge on any atom is -0.457 e. The SMILES string of the molecule is CCN(C=Nc1cc(C)c(C(=O)OCc2cccc(C(F)(F)F)c2)cc1C)CC. The van der Waals surface area contributed by atoms with Crippen molar-refractivity contribution in [2.24, 2.45) is 4.99 Å². The maximum atomic E-state index is 12.8. The molecular weight excluding hydrogens is 381 g/mol. The lowest BCUT2D eigenvalue weighted by atomic mass is 10.0. The summed E-state index contributed by atoms with van der Waals surface area (Å²) in [5.74, 6) is -0.581. The molecule has 0 amide bonds. The molecule has 0 aliphatic carbocycles. The van der Waals surface area contributed by atoms with E-state index in [0.717, 1.165) is 36.5 Å². The van der Waals surface area contributed by atoms with E-state index in [1.165, 1.54) is 12.1 Å². The maximum absolute atomic E-state index is 12.8. The third-order valence-electron chi connectivity index (χ3n) is 4.56. The zero-order valence-electron chi connectivity index (χ0n) is 17.0. The molecule has 0 aliphatic rings. The van der Waals surface area contributed by atoms with Crippen LogP contribution in [0.15, 0.2) is 41.4 Å². The Hall–Kier alpha value is -2.83. The third kappa shape index (κ3) is 6.07. The molecule has 0 spiro atoms. The Balaban J connectivity index is 2.13. The number of alkyl halides is 3. The van der Waals surface area contributed by atoms with Crippen LogP contribution >= 0.6 is 0 Å². The van der Waals surface area contributed by atoms with Crippen molar-refractivity contribution < 1.29 is 22.7 Å². The highest BCUT2D eigenvalue weighted by molar-refractivity contribution is 5.92. The third-order valence-corrected chi connectivity index (χ3v) is 4.56. The van der Waals surface area contributed by atoms with E-state index in [1.807, 2.05) is 25.7 Å². The number of rotatable bonds is 7. The number of hydrogen-bond acceptors (Lipinski definition) is 3. The van der Waals surface area contributed by atoms with E-state index in [-0.39, 0.29) is 12.2 Å². The Morgan fingerprint density at radius 2 is 1.79 bits per heavy atom. The van der Waals surface area contributed by atoms with Gasteiger partial charge in [-0.3, -0.25) is 0 Å². The van der Waals surface area contributed by atoms with Gasteiger partial charge in [-0.25, -0.2) is 9.79 Å². The van der Waals surface area contributed by atoms with Crippen molar-refractivity contribution in [1.29, 1.82) is 0 Å². The van der Waals surface area contributed by atoms with Crippen molar-refractivity contribution in [1.82, 2.24) is 4.90 Å². The van der Waals surface area contributed by atoms with E-state index in [2.05, 4.69) is 4.99 Å². The average molecular weight is 406 g/mol. The molecule has 2 aromatic rings. The number of nitrogens with zero attached hydrogens (tertiary/aromatic N) is 2. The van der Waals surface area contributed by atoms with Gasteiger partial charge in [0, 0.05) is 13.1 Å². The Bertz CT molecular complexity index is 888. The fraction of sp³-hybridized carbons (Fsp3) is 0.364. The first-order valence-corrected chi connectivity index (χ1v) is 9.38. The summed E-state index contributed by atoms with van der Waals surface area (Å²) in [6, 6.07) is 8.25. The highest BCUT2D eigenvalue weighted by Gasteiger charge is 2.30. The number of hydrogen-bond donors (Lipinski definition) is 0. The molecule has 4 nitrogen and oxygen atoms in total. The normalized spacial score (nSPS) is 11.7. The first-order chi connectivity index (χ1) is 13.7. The van der Waals surface area contributed by atoms with Crippen LogP contribution in [0.5, 0.6) is 0 Å². The standard InChI is InChI=1S/C22H25F3N2O2/c1-5-27(6-2)14-26-20-11-15(3)19(10-16(20)4)21(28)29-13-17-8-7-9-18(12-17)22(23,24)25/h7-12,14H,5-6,13H2,1-4H3. The van der Waals surface area contributed by atoms with E-state index in [4.69, 9.17) is 4.74 Å². The predicted octanol–water partition coefficient (Wildman–Crippen LogP) is 5.68. The zero-order valence-corrected chi connectivity index (χ0v) is 17.0. The van der Waals surface area contributed by atoms with E-state index in [1.54, 1.807) is 25.4 Å². The van der Waals surface area contributed by atoms with Crippen LogP contribution in [0.4, 0.5) is 18.9 Å². The molecule has 0 unspecified atom stereocenters. The van der Waals surface area contributed by atoms with Gasteiger partial charge in [-0.05, 0) is 68.7 Å². The second-order valence-electron chi connectivity index (χ2n) is 6.69. The summed E-state index contributed by atoms with van der Waals surface area (Å²) in [6.07, 6.45) is -2.66. The summed E-state index contributed by atoms with van der Waals surface area (Å²) in [5.41, 5.74) is 2.14. The van der Waals surface area contributed by atoms with E-state index in [9.17, 15) is 18.0 Å². The van der Waals surface area contributed by atoms with Crippen LogP contribution in [0.2, 0.25) is 0 Å². The summed E-state index contributed by atoms with van der Waals surface area (Å²) in [4.78, 5) is 19.0. The molecular formula is C22H25F3N2O2. The van der Waals surface area contributed by atoms with E-state index < -0.39 is 17.7 Å². The Labute approximate surface area is 169 Å². The first-order valence-electron chi connectivity index (χ1n) is 9.38. The van der Waals surface area contributed by atoms with Crippen LogP contribution in [0.1, 0.15) is 46.5 Å². The number of aryl methyl sites for hydroxylation is 2. The summed E-state index contributed by atoms with van der Waals surface area (Å²) < 4.78 is 43.6. The highest BCUT2D eigenvalue weighted by atomic mass is 19.4. The lowest BCUT2D eigenvalue weighted by Crippen LogP contribution is -2.20. The Morgan fingerprint density at radius 1 is 1.10 bits per heavy atom. The highest BCUT2D eigenvalue weighted by Crippen LogP contribution is 2.30. The van der Waals surface area contributed by atoms with Crippen LogP contribution in [0.25, 0.3) is 0 Å². The van der Waals surface area contributed by atoms with Crippen molar-refractivity contribution in [2.45, 2.75) is 40.5 Å². The van der Waals surface area contributed by atoms with Crippen LogP contribution in [0, 0.1) is 13.8 Å². The largest absolute Gasteiger partial charge is 0.457 e. The molecule has 0 fully saturated rings. The second-order valence-corrected chi connectivity index (χ2v) is 6.69. The Kier molecular flexibility index (Phi) is 7.42. The molecule has 0 N–H and O–H groups in total. The molecule has 0 aromatic heterocycles. The summed E-state index contributed by atoms with van der Waals surface area (Å²) in [7, 11) is 0. The molecule has 2 rings (SSSR count). The molecule has 0 radical (unpaired) electrons. The monoisotopic (exact) mass is 406 g/mol. The quantitative estimate of drug-likeness (QED) is 0.337. The van der Waals surface area contributed by atoms with Crippen molar-refractivity contribution in [3.8, 4) is 0 Å². The molecule has 0 saturated heterocycles. The minimum atomic E-state index is -4.44. The maximum Gasteiger partial charge on any atom is 0.416 e. The van der Waals surface area contributed by atoms with Crippen LogP contribution in [-0.4, -0.2) is 30.3 Å². The summed E-state index contributed by atoms with van der Waals surface area (Å²) in [5, 5.41) is 0. The van der Waals surface area contributed by atoms with Gasteiger partial charge in [0.2, 0.25) is 0 Å². The van der Waals surface area contributed by atoms with Crippen molar-refractivity contribution in [3.05, 3.63) is 64.2 Å². The zero-order chi connectivity index (χ0) is 21.6. The molecule has 0 heterocycles. The van der Waals surface area contributed by atoms with E-state index >= 15 is 0 Å². The average Bonchev–Trinajstić information content (AvgIpc) is 2.68. The molecule has 7 heteroatoms. The summed E-state index contributed by atoms with van der Waals surface area (Å²) >= 11 is 0. The van der Waals surface area contributed by atoms with Gasteiger partial charge in [-0.15, -0.1) is 0 Å². The van der Waals surface area contributed by atoms with Gasteiger partial charge >= 0.3 is 12.1 Å². The van der Waals surface area contributed by atoms with Gasteiger partial charge in [0.05, 0.1) is 23.2 Å². The fourth-order valence-electron chi connectivity index (χ4n) is 2.75. The second kappa shape index (κ2) is 9.58. The number of halogens is 3. The number of ether oxygens (including phenoxy) is 1. The van der Waals surface area contributed by atoms with E-state index in [0.29, 0.717) is 11.1 Å². The molecule has 2 aromatic carbocycles.